The lowest BCUT2D eigenvalue weighted by Gasteiger charge is -2.13. The Morgan fingerprint density at radius 1 is 1.38 bits per heavy atom. The summed E-state index contributed by atoms with van der Waals surface area (Å²) in [6, 6.07) is 0. The fourth-order valence-corrected chi connectivity index (χ4v) is 2.29. The van der Waals surface area contributed by atoms with Gasteiger partial charge in [0.15, 0.2) is 0 Å². The molecule has 1 aromatic heterocycles. The molecule has 16 heavy (non-hydrogen) atoms. The molecule has 1 rings (SSSR count). The number of rotatable bonds is 4. The average Bonchev–Trinajstić information content (AvgIpc) is 2.15. The monoisotopic (exact) mass is 240 g/mol. The zero-order valence-corrected chi connectivity index (χ0v) is 11.4. The zero-order valence-electron chi connectivity index (χ0n) is 10.6. The summed E-state index contributed by atoms with van der Waals surface area (Å²) in [5.74, 6) is 1.31. The molecular weight excluding hydrogens is 220 g/mol. The van der Waals surface area contributed by atoms with Crippen molar-refractivity contribution in [3.63, 3.8) is 0 Å². The molecule has 1 N–H and O–H groups in total. The van der Waals surface area contributed by atoms with Gasteiger partial charge in [0, 0.05) is 24.8 Å². The first kappa shape index (κ1) is 13.3. The highest BCUT2D eigenvalue weighted by molar-refractivity contribution is 7.71. The van der Waals surface area contributed by atoms with Gasteiger partial charge >= 0.3 is 0 Å². The summed E-state index contributed by atoms with van der Waals surface area (Å²) < 4.78 is 5.93. The second kappa shape index (κ2) is 5.55. The highest BCUT2D eigenvalue weighted by atomic mass is 32.1. The van der Waals surface area contributed by atoms with Gasteiger partial charge in [0.2, 0.25) is 0 Å². The molecule has 1 atom stereocenters. The molecule has 0 amide bonds. The highest BCUT2D eigenvalue weighted by Gasteiger charge is 2.10. The van der Waals surface area contributed by atoms with Crippen LogP contribution >= 0.6 is 12.2 Å². The van der Waals surface area contributed by atoms with Crippen molar-refractivity contribution in [3.8, 4) is 0 Å². The predicted molar refractivity (Wildman–Crippen MR) is 68.4 cm³/mol. The average molecular weight is 240 g/mol. The van der Waals surface area contributed by atoms with E-state index >= 15 is 0 Å². The van der Waals surface area contributed by atoms with E-state index in [0.29, 0.717) is 10.6 Å². The van der Waals surface area contributed by atoms with E-state index in [1.165, 1.54) is 0 Å². The second-order valence-corrected chi connectivity index (χ2v) is 4.82. The first-order valence-corrected chi connectivity index (χ1v) is 5.99. The van der Waals surface area contributed by atoms with Gasteiger partial charge in [0.05, 0.1) is 6.10 Å². The van der Waals surface area contributed by atoms with E-state index in [1.807, 2.05) is 13.8 Å². The number of aromatic nitrogens is 2. The molecule has 0 aliphatic carbocycles. The van der Waals surface area contributed by atoms with Crippen LogP contribution in [-0.4, -0.2) is 23.2 Å². The third-order valence-electron chi connectivity index (χ3n) is 2.66. The predicted octanol–water partition coefficient (Wildman–Crippen LogP) is 3.15. The molecular formula is C12H20N2OS. The van der Waals surface area contributed by atoms with Crippen molar-refractivity contribution in [1.82, 2.24) is 9.97 Å². The number of aromatic amines is 1. The molecule has 0 radical (unpaired) electrons. The molecule has 90 valence electrons. The van der Waals surface area contributed by atoms with Gasteiger partial charge in [0.1, 0.15) is 10.5 Å². The van der Waals surface area contributed by atoms with E-state index in [9.17, 15) is 0 Å². The SMILES string of the molecule is COC(C)Cc1nc(=S)c(C(C)C)c(C)[nH]1. The Morgan fingerprint density at radius 3 is 2.44 bits per heavy atom. The van der Waals surface area contributed by atoms with E-state index in [-0.39, 0.29) is 6.10 Å². The third kappa shape index (κ3) is 3.12. The van der Waals surface area contributed by atoms with Crippen molar-refractivity contribution in [3.05, 3.63) is 21.7 Å². The topological polar surface area (TPSA) is 37.9 Å². The fraction of sp³-hybridized carbons (Fsp3) is 0.667. The summed E-state index contributed by atoms with van der Waals surface area (Å²) in [7, 11) is 1.70. The molecule has 3 nitrogen and oxygen atoms in total. The number of methoxy groups -OCH3 is 1. The van der Waals surface area contributed by atoms with Gasteiger partial charge in [-0.25, -0.2) is 4.98 Å². The molecule has 1 aromatic rings. The van der Waals surface area contributed by atoms with Crippen molar-refractivity contribution in [2.75, 3.05) is 7.11 Å². The smallest absolute Gasteiger partial charge is 0.133 e. The Labute approximate surface area is 102 Å². The Morgan fingerprint density at radius 2 is 2.00 bits per heavy atom. The Bertz CT molecular complexity index is 412. The molecule has 0 spiro atoms. The third-order valence-corrected chi connectivity index (χ3v) is 2.97. The van der Waals surface area contributed by atoms with E-state index < -0.39 is 0 Å². The molecule has 0 bridgehead atoms. The maximum atomic E-state index is 5.32. The number of aryl methyl sites for hydroxylation is 1. The maximum Gasteiger partial charge on any atom is 0.133 e. The molecule has 4 heteroatoms. The van der Waals surface area contributed by atoms with Gasteiger partial charge in [0.25, 0.3) is 0 Å². The van der Waals surface area contributed by atoms with E-state index in [1.54, 1.807) is 7.11 Å². The Balaban J connectivity index is 3.05. The molecule has 0 aromatic carbocycles. The standard InChI is InChI=1S/C12H20N2OS/c1-7(2)11-9(4)13-10(14-12(11)16)6-8(3)15-5/h7-8H,6H2,1-5H3,(H,13,14,16). The zero-order chi connectivity index (χ0) is 12.3. The fourth-order valence-electron chi connectivity index (χ4n) is 1.79. The van der Waals surface area contributed by atoms with Gasteiger partial charge in [-0.05, 0) is 19.8 Å². The second-order valence-electron chi connectivity index (χ2n) is 4.43. The van der Waals surface area contributed by atoms with Crippen LogP contribution in [0.3, 0.4) is 0 Å². The summed E-state index contributed by atoms with van der Waals surface area (Å²) in [6.07, 6.45) is 0.918. The number of hydrogen-bond donors (Lipinski definition) is 1. The van der Waals surface area contributed by atoms with Crippen molar-refractivity contribution in [2.24, 2.45) is 0 Å². The van der Waals surface area contributed by atoms with Crippen molar-refractivity contribution < 1.29 is 4.74 Å². The van der Waals surface area contributed by atoms with Crippen LogP contribution in [0.5, 0.6) is 0 Å². The minimum atomic E-state index is 0.155. The molecule has 1 heterocycles. The first-order valence-electron chi connectivity index (χ1n) is 5.58. The number of hydrogen-bond acceptors (Lipinski definition) is 3. The lowest BCUT2D eigenvalue weighted by Crippen LogP contribution is -2.13. The number of nitrogens with one attached hydrogen (secondary N) is 1. The van der Waals surface area contributed by atoms with Gasteiger partial charge < -0.3 is 9.72 Å². The molecule has 0 aliphatic rings. The van der Waals surface area contributed by atoms with Crippen LogP contribution in [0.25, 0.3) is 0 Å². The Hall–Kier alpha value is -0.740. The molecule has 1 unspecified atom stereocenters. The van der Waals surface area contributed by atoms with Crippen LogP contribution in [0, 0.1) is 11.6 Å². The summed E-state index contributed by atoms with van der Waals surface area (Å²) in [4.78, 5) is 7.73. The van der Waals surface area contributed by atoms with Crippen LogP contribution in [0.2, 0.25) is 0 Å². The van der Waals surface area contributed by atoms with E-state index in [0.717, 1.165) is 23.5 Å². The summed E-state index contributed by atoms with van der Waals surface area (Å²) in [5, 5.41) is 0. The summed E-state index contributed by atoms with van der Waals surface area (Å²) in [5.41, 5.74) is 2.26. The van der Waals surface area contributed by atoms with E-state index in [2.05, 4.69) is 23.8 Å². The Kier molecular flexibility index (Phi) is 4.62. The van der Waals surface area contributed by atoms with Crippen molar-refractivity contribution in [2.45, 2.75) is 46.1 Å². The van der Waals surface area contributed by atoms with E-state index in [4.69, 9.17) is 17.0 Å². The maximum absolute atomic E-state index is 5.32. The number of ether oxygens (including phenoxy) is 1. The molecule has 0 aliphatic heterocycles. The van der Waals surface area contributed by atoms with Crippen LogP contribution in [0.1, 0.15) is 43.8 Å². The van der Waals surface area contributed by atoms with Crippen molar-refractivity contribution in [1.29, 1.82) is 0 Å². The lowest BCUT2D eigenvalue weighted by atomic mass is 10.0. The van der Waals surface area contributed by atoms with Crippen LogP contribution in [0.4, 0.5) is 0 Å². The summed E-state index contributed by atoms with van der Waals surface area (Å²) in [6.45, 7) is 8.33. The van der Waals surface area contributed by atoms with Gasteiger partial charge in [-0.15, -0.1) is 0 Å². The molecule has 0 fully saturated rings. The van der Waals surface area contributed by atoms with Gasteiger partial charge in [-0.3, -0.25) is 0 Å². The normalized spacial score (nSPS) is 13.1. The van der Waals surface area contributed by atoms with Gasteiger partial charge in [-0.2, -0.15) is 0 Å². The largest absolute Gasteiger partial charge is 0.381 e. The van der Waals surface area contributed by atoms with Crippen LogP contribution < -0.4 is 0 Å². The lowest BCUT2D eigenvalue weighted by molar-refractivity contribution is 0.117. The highest BCUT2D eigenvalue weighted by Crippen LogP contribution is 2.18. The quantitative estimate of drug-likeness (QED) is 0.822. The summed E-state index contributed by atoms with van der Waals surface area (Å²) >= 11 is 5.32. The van der Waals surface area contributed by atoms with Crippen LogP contribution in [-0.2, 0) is 11.2 Å². The molecule has 0 saturated carbocycles. The molecule has 0 saturated heterocycles. The van der Waals surface area contributed by atoms with Gasteiger partial charge in [-0.1, -0.05) is 26.1 Å². The number of nitrogens with zero attached hydrogens (tertiary/aromatic N) is 1. The van der Waals surface area contributed by atoms with Crippen molar-refractivity contribution >= 4 is 12.2 Å². The number of H-pyrrole nitrogens is 1. The van der Waals surface area contributed by atoms with Crippen LogP contribution in [0.15, 0.2) is 0 Å². The minimum absolute atomic E-state index is 0.155. The minimum Gasteiger partial charge on any atom is -0.381 e. The first-order chi connectivity index (χ1) is 7.45.